The molecule has 18 heavy (non-hydrogen) atoms. The fourth-order valence-corrected chi connectivity index (χ4v) is 2.36. The van der Waals surface area contributed by atoms with Crippen LogP contribution < -0.4 is 10.6 Å². The van der Waals surface area contributed by atoms with Crippen molar-refractivity contribution in [2.45, 2.75) is 24.9 Å². The highest BCUT2D eigenvalue weighted by Crippen LogP contribution is 2.30. The van der Waals surface area contributed by atoms with E-state index in [9.17, 15) is 14.7 Å². The molecule has 1 aromatic carbocycles. The van der Waals surface area contributed by atoms with Crippen LogP contribution in [-0.2, 0) is 10.2 Å². The summed E-state index contributed by atoms with van der Waals surface area (Å²) in [6.45, 7) is 1.83. The predicted octanol–water partition coefficient (Wildman–Crippen LogP) is 0.535. The summed E-state index contributed by atoms with van der Waals surface area (Å²) in [6.07, 6.45) is -0.366. The van der Waals surface area contributed by atoms with Crippen LogP contribution in [-0.4, -0.2) is 29.7 Å². The number of nitrogens with one attached hydrogen (secondary N) is 2. The lowest BCUT2D eigenvalue weighted by atomic mass is 9.74. The average molecular weight is 248 g/mol. The summed E-state index contributed by atoms with van der Waals surface area (Å²) in [7, 11) is 0. The van der Waals surface area contributed by atoms with Gasteiger partial charge < -0.3 is 10.4 Å². The van der Waals surface area contributed by atoms with Gasteiger partial charge in [0.25, 0.3) is 0 Å². The third kappa shape index (κ3) is 2.22. The van der Waals surface area contributed by atoms with Crippen molar-refractivity contribution in [1.82, 2.24) is 10.6 Å². The van der Waals surface area contributed by atoms with Crippen LogP contribution in [0, 0.1) is 0 Å². The number of carbonyl (C=O) groups is 2. The number of amides is 3. The normalized spacial score (nSPS) is 25.2. The molecule has 0 aliphatic carbocycles. The van der Waals surface area contributed by atoms with Crippen molar-refractivity contribution in [2.75, 3.05) is 6.54 Å². The topological polar surface area (TPSA) is 78.4 Å². The maximum atomic E-state index is 12.2. The van der Waals surface area contributed by atoms with E-state index in [4.69, 9.17) is 0 Å². The van der Waals surface area contributed by atoms with E-state index in [0.717, 1.165) is 5.56 Å². The Labute approximate surface area is 105 Å². The Hall–Kier alpha value is -1.88. The molecule has 2 rings (SSSR count). The maximum Gasteiger partial charge on any atom is 0.321 e. The summed E-state index contributed by atoms with van der Waals surface area (Å²) in [6, 6.07) is 8.71. The van der Waals surface area contributed by atoms with Gasteiger partial charge >= 0.3 is 6.03 Å². The quantitative estimate of drug-likeness (QED) is 0.730. The number of urea groups is 1. The minimum atomic E-state index is -0.899. The van der Waals surface area contributed by atoms with Gasteiger partial charge in [0.15, 0.2) is 0 Å². The Morgan fingerprint density at radius 2 is 2.00 bits per heavy atom. The fourth-order valence-electron chi connectivity index (χ4n) is 2.36. The van der Waals surface area contributed by atoms with Gasteiger partial charge in [0, 0.05) is 6.54 Å². The maximum absolute atomic E-state index is 12.2. The van der Waals surface area contributed by atoms with Gasteiger partial charge in [0.2, 0.25) is 5.91 Å². The second-order valence-corrected chi connectivity index (χ2v) is 4.64. The van der Waals surface area contributed by atoms with Crippen molar-refractivity contribution in [1.29, 1.82) is 0 Å². The minimum absolute atomic E-state index is 0.201. The van der Waals surface area contributed by atoms with E-state index >= 15 is 0 Å². The van der Waals surface area contributed by atoms with Crippen molar-refractivity contribution in [3.05, 3.63) is 35.9 Å². The van der Waals surface area contributed by atoms with E-state index in [1.807, 2.05) is 30.3 Å². The molecule has 1 aliphatic rings. The molecular weight excluding hydrogens is 232 g/mol. The van der Waals surface area contributed by atoms with Gasteiger partial charge in [-0.1, -0.05) is 30.3 Å². The van der Waals surface area contributed by atoms with E-state index in [1.165, 1.54) is 0 Å². The smallest absolute Gasteiger partial charge is 0.321 e. The van der Waals surface area contributed by atoms with Crippen LogP contribution in [0.3, 0.4) is 0 Å². The number of aliphatic hydroxyl groups is 1. The highest BCUT2D eigenvalue weighted by Gasteiger charge is 2.44. The van der Waals surface area contributed by atoms with E-state index in [1.54, 1.807) is 6.92 Å². The third-order valence-electron chi connectivity index (χ3n) is 3.18. The predicted molar refractivity (Wildman–Crippen MR) is 66.0 cm³/mol. The molecule has 1 saturated heterocycles. The first-order valence-corrected chi connectivity index (χ1v) is 5.87. The van der Waals surface area contributed by atoms with Crippen molar-refractivity contribution >= 4 is 11.9 Å². The zero-order valence-corrected chi connectivity index (χ0v) is 10.1. The van der Waals surface area contributed by atoms with Gasteiger partial charge in [-0.2, -0.15) is 0 Å². The van der Waals surface area contributed by atoms with Crippen molar-refractivity contribution < 1.29 is 14.7 Å². The number of imide groups is 1. The van der Waals surface area contributed by atoms with Crippen molar-refractivity contribution in [3.8, 4) is 0 Å². The molecule has 3 N–H and O–H groups in total. The van der Waals surface area contributed by atoms with Gasteiger partial charge in [-0.15, -0.1) is 0 Å². The van der Waals surface area contributed by atoms with Crippen LogP contribution in [0.15, 0.2) is 30.3 Å². The van der Waals surface area contributed by atoms with E-state index in [-0.39, 0.29) is 18.9 Å². The lowest BCUT2D eigenvalue weighted by Gasteiger charge is -2.37. The van der Waals surface area contributed by atoms with E-state index in [2.05, 4.69) is 10.6 Å². The molecule has 0 radical (unpaired) electrons. The summed E-state index contributed by atoms with van der Waals surface area (Å²) < 4.78 is 0. The zero-order chi connectivity index (χ0) is 13.2. The van der Waals surface area contributed by atoms with Crippen LogP contribution in [0.25, 0.3) is 0 Å². The number of aliphatic hydroxyl groups excluding tert-OH is 1. The van der Waals surface area contributed by atoms with E-state index in [0.29, 0.717) is 0 Å². The molecular formula is C13H16N2O3. The zero-order valence-electron chi connectivity index (χ0n) is 10.1. The van der Waals surface area contributed by atoms with Crippen LogP contribution in [0.5, 0.6) is 0 Å². The standard InChI is InChI=1S/C13H16N2O3/c1-9(16)7-13(10-5-3-2-4-6-10)8-14-12(18)15-11(13)17/h2-6,9,16H,7-8H2,1H3,(H2,14,15,17,18). The lowest BCUT2D eigenvalue weighted by molar-refractivity contribution is -0.127. The first-order valence-electron chi connectivity index (χ1n) is 5.87. The van der Waals surface area contributed by atoms with E-state index < -0.39 is 17.6 Å². The molecule has 0 saturated carbocycles. The van der Waals surface area contributed by atoms with Gasteiger partial charge in [-0.25, -0.2) is 4.79 Å². The van der Waals surface area contributed by atoms with Gasteiger partial charge in [-0.3, -0.25) is 10.1 Å². The SMILES string of the molecule is CC(O)CC1(c2ccccc2)CNC(=O)NC1=O. The number of hydrogen-bond acceptors (Lipinski definition) is 3. The average Bonchev–Trinajstić information content (AvgIpc) is 2.34. The van der Waals surface area contributed by atoms with Crippen molar-refractivity contribution in [3.63, 3.8) is 0 Å². The van der Waals surface area contributed by atoms with Gasteiger partial charge in [-0.05, 0) is 18.9 Å². The largest absolute Gasteiger partial charge is 0.393 e. The molecule has 2 atom stereocenters. The van der Waals surface area contributed by atoms with Crippen LogP contribution in [0.2, 0.25) is 0 Å². The molecule has 0 aromatic heterocycles. The molecule has 5 heteroatoms. The highest BCUT2D eigenvalue weighted by atomic mass is 16.3. The summed E-state index contributed by atoms with van der Waals surface area (Å²) in [5.41, 5.74) is -0.105. The molecule has 1 aliphatic heterocycles. The molecule has 3 amide bonds. The second kappa shape index (κ2) is 4.78. The number of rotatable bonds is 3. The molecule has 1 fully saturated rings. The Balaban J connectivity index is 2.41. The summed E-state index contributed by atoms with van der Waals surface area (Å²) >= 11 is 0. The molecule has 0 spiro atoms. The van der Waals surface area contributed by atoms with Crippen LogP contribution in [0.4, 0.5) is 4.79 Å². The number of benzene rings is 1. The molecule has 1 heterocycles. The lowest BCUT2D eigenvalue weighted by Crippen LogP contribution is -2.61. The van der Waals surface area contributed by atoms with Gasteiger partial charge in [0.05, 0.1) is 11.5 Å². The molecule has 0 bridgehead atoms. The summed E-state index contributed by atoms with van der Waals surface area (Å²) in [4.78, 5) is 23.4. The fraction of sp³-hybridized carbons (Fsp3) is 0.385. The Morgan fingerprint density at radius 1 is 1.33 bits per heavy atom. The monoisotopic (exact) mass is 248 g/mol. The third-order valence-corrected chi connectivity index (χ3v) is 3.18. The highest BCUT2D eigenvalue weighted by molar-refractivity contribution is 6.03. The minimum Gasteiger partial charge on any atom is -0.393 e. The summed E-state index contributed by atoms with van der Waals surface area (Å²) in [5, 5.41) is 14.5. The Morgan fingerprint density at radius 3 is 2.56 bits per heavy atom. The molecule has 96 valence electrons. The van der Waals surface area contributed by atoms with Crippen LogP contribution >= 0.6 is 0 Å². The molecule has 2 unspecified atom stereocenters. The van der Waals surface area contributed by atoms with Gasteiger partial charge in [0.1, 0.15) is 0 Å². The van der Waals surface area contributed by atoms with Crippen molar-refractivity contribution in [2.24, 2.45) is 0 Å². The summed E-state index contributed by atoms with van der Waals surface area (Å²) in [5.74, 6) is -0.363. The number of hydrogen-bond donors (Lipinski definition) is 3. The first-order chi connectivity index (χ1) is 8.54. The first kappa shape index (κ1) is 12.6. The molecule has 5 nitrogen and oxygen atoms in total. The Kier molecular flexibility index (Phi) is 3.34. The van der Waals surface area contributed by atoms with Crippen LogP contribution in [0.1, 0.15) is 18.9 Å². The second-order valence-electron chi connectivity index (χ2n) is 4.64. The Bertz CT molecular complexity index is 459. The molecule has 1 aromatic rings. The number of carbonyl (C=O) groups excluding carboxylic acids is 2.